The predicted octanol–water partition coefficient (Wildman–Crippen LogP) is 3.90. The molecule has 0 amide bonds. The number of nitrogen functional groups attached to an aromatic ring is 1. The van der Waals surface area contributed by atoms with Crippen molar-refractivity contribution in [1.29, 1.82) is 0 Å². The van der Waals surface area contributed by atoms with Crippen LogP contribution in [0.1, 0.15) is 13.8 Å². The van der Waals surface area contributed by atoms with Crippen molar-refractivity contribution in [2.75, 3.05) is 5.73 Å². The third kappa shape index (κ3) is 3.76. The van der Waals surface area contributed by atoms with E-state index < -0.39 is 0 Å². The molecular formula is C14H15ClN2O2. The summed E-state index contributed by atoms with van der Waals surface area (Å²) in [5.41, 5.74) is 6.42. The first-order valence-electron chi connectivity index (χ1n) is 5.89. The van der Waals surface area contributed by atoms with E-state index in [9.17, 15) is 0 Å². The number of rotatable bonds is 4. The summed E-state index contributed by atoms with van der Waals surface area (Å²) < 4.78 is 11.3. The number of pyridine rings is 1. The first kappa shape index (κ1) is 13.5. The fourth-order valence-corrected chi connectivity index (χ4v) is 1.68. The van der Waals surface area contributed by atoms with E-state index in [1.807, 2.05) is 13.8 Å². The summed E-state index contributed by atoms with van der Waals surface area (Å²) >= 11 is 5.85. The summed E-state index contributed by atoms with van der Waals surface area (Å²) in [5.74, 6) is 1.78. The zero-order valence-electron chi connectivity index (χ0n) is 10.8. The Balaban J connectivity index is 2.21. The van der Waals surface area contributed by atoms with Crippen molar-refractivity contribution < 1.29 is 9.47 Å². The Hall–Kier alpha value is -1.94. The van der Waals surface area contributed by atoms with E-state index in [-0.39, 0.29) is 6.10 Å². The SMILES string of the molecule is CC(C)Oc1cc(Oc2cncc(Cl)c2)ccc1N. The second-order valence-corrected chi connectivity index (χ2v) is 4.74. The van der Waals surface area contributed by atoms with Crippen LogP contribution in [0.5, 0.6) is 17.2 Å². The van der Waals surface area contributed by atoms with Gasteiger partial charge < -0.3 is 15.2 Å². The van der Waals surface area contributed by atoms with Gasteiger partial charge in [-0.05, 0) is 26.0 Å². The maximum Gasteiger partial charge on any atom is 0.147 e. The fourth-order valence-electron chi connectivity index (χ4n) is 1.52. The van der Waals surface area contributed by atoms with Crippen LogP contribution < -0.4 is 15.2 Å². The molecule has 0 aliphatic carbocycles. The Labute approximate surface area is 117 Å². The van der Waals surface area contributed by atoms with Crippen molar-refractivity contribution in [2.45, 2.75) is 20.0 Å². The molecule has 19 heavy (non-hydrogen) atoms. The Morgan fingerprint density at radius 1 is 1.16 bits per heavy atom. The molecule has 0 aliphatic rings. The highest BCUT2D eigenvalue weighted by Gasteiger charge is 2.06. The van der Waals surface area contributed by atoms with Crippen LogP contribution in [-0.4, -0.2) is 11.1 Å². The molecule has 1 heterocycles. The molecule has 0 bridgehead atoms. The minimum Gasteiger partial charge on any atom is -0.489 e. The monoisotopic (exact) mass is 278 g/mol. The summed E-state index contributed by atoms with van der Waals surface area (Å²) in [4.78, 5) is 3.96. The van der Waals surface area contributed by atoms with Gasteiger partial charge >= 0.3 is 0 Å². The molecule has 1 aromatic carbocycles. The smallest absolute Gasteiger partial charge is 0.147 e. The molecule has 5 heteroatoms. The first-order chi connectivity index (χ1) is 9.04. The van der Waals surface area contributed by atoms with Crippen molar-refractivity contribution in [1.82, 2.24) is 4.98 Å². The normalized spacial score (nSPS) is 10.5. The molecule has 0 atom stereocenters. The molecule has 2 N–H and O–H groups in total. The lowest BCUT2D eigenvalue weighted by atomic mass is 10.2. The van der Waals surface area contributed by atoms with Gasteiger partial charge in [-0.15, -0.1) is 0 Å². The van der Waals surface area contributed by atoms with Gasteiger partial charge in [-0.2, -0.15) is 0 Å². The Kier molecular flexibility index (Phi) is 4.12. The van der Waals surface area contributed by atoms with Gasteiger partial charge in [-0.25, -0.2) is 0 Å². The van der Waals surface area contributed by atoms with Gasteiger partial charge in [0.05, 0.1) is 23.0 Å². The van der Waals surface area contributed by atoms with Gasteiger partial charge in [-0.3, -0.25) is 4.98 Å². The number of anilines is 1. The maximum absolute atomic E-state index is 5.85. The number of nitrogens with two attached hydrogens (primary N) is 1. The quantitative estimate of drug-likeness (QED) is 0.862. The molecule has 1 aromatic heterocycles. The molecule has 0 unspecified atom stereocenters. The van der Waals surface area contributed by atoms with E-state index in [1.54, 1.807) is 36.7 Å². The van der Waals surface area contributed by atoms with Crippen LogP contribution in [0.2, 0.25) is 5.02 Å². The number of hydrogen-bond acceptors (Lipinski definition) is 4. The number of aromatic nitrogens is 1. The number of benzene rings is 1. The van der Waals surface area contributed by atoms with E-state index in [1.165, 1.54) is 0 Å². The van der Waals surface area contributed by atoms with Gasteiger partial charge in [0.2, 0.25) is 0 Å². The van der Waals surface area contributed by atoms with Crippen LogP contribution >= 0.6 is 11.6 Å². The van der Waals surface area contributed by atoms with E-state index in [0.717, 1.165) is 0 Å². The third-order valence-electron chi connectivity index (χ3n) is 2.26. The molecule has 2 aromatic rings. The fraction of sp³-hybridized carbons (Fsp3) is 0.214. The molecular weight excluding hydrogens is 264 g/mol. The highest BCUT2D eigenvalue weighted by molar-refractivity contribution is 6.30. The Bertz CT molecular complexity index is 573. The van der Waals surface area contributed by atoms with Crippen molar-refractivity contribution in [2.24, 2.45) is 0 Å². The standard InChI is InChI=1S/C14H15ClN2O2/c1-9(2)18-14-6-11(3-4-13(14)16)19-12-5-10(15)7-17-8-12/h3-9H,16H2,1-2H3. The number of hydrogen-bond donors (Lipinski definition) is 1. The van der Waals surface area contributed by atoms with Gasteiger partial charge in [0.1, 0.15) is 17.2 Å². The summed E-state index contributed by atoms with van der Waals surface area (Å²) in [7, 11) is 0. The predicted molar refractivity (Wildman–Crippen MR) is 75.9 cm³/mol. The van der Waals surface area contributed by atoms with Crippen LogP contribution in [-0.2, 0) is 0 Å². The van der Waals surface area contributed by atoms with Crippen molar-refractivity contribution in [3.05, 3.63) is 41.7 Å². The van der Waals surface area contributed by atoms with E-state index in [2.05, 4.69) is 4.98 Å². The Morgan fingerprint density at radius 2 is 1.95 bits per heavy atom. The van der Waals surface area contributed by atoms with Crippen molar-refractivity contribution >= 4 is 17.3 Å². The molecule has 0 saturated heterocycles. The lowest BCUT2D eigenvalue weighted by Gasteiger charge is -2.13. The average molecular weight is 279 g/mol. The van der Waals surface area contributed by atoms with Gasteiger partial charge in [0, 0.05) is 18.3 Å². The van der Waals surface area contributed by atoms with E-state index in [4.69, 9.17) is 26.8 Å². The number of nitrogens with zero attached hydrogens (tertiary/aromatic N) is 1. The molecule has 0 radical (unpaired) electrons. The summed E-state index contributed by atoms with van der Waals surface area (Å²) in [6.07, 6.45) is 3.18. The minimum atomic E-state index is 0.0467. The van der Waals surface area contributed by atoms with Crippen LogP contribution in [0.15, 0.2) is 36.7 Å². The molecule has 0 fully saturated rings. The lowest BCUT2D eigenvalue weighted by Crippen LogP contribution is -2.07. The summed E-state index contributed by atoms with van der Waals surface area (Å²) in [6, 6.07) is 6.94. The third-order valence-corrected chi connectivity index (χ3v) is 2.47. The van der Waals surface area contributed by atoms with E-state index >= 15 is 0 Å². The summed E-state index contributed by atoms with van der Waals surface area (Å²) in [5, 5.41) is 0.520. The molecule has 0 saturated carbocycles. The topological polar surface area (TPSA) is 57.4 Å². The van der Waals surface area contributed by atoms with Crippen LogP contribution in [0, 0.1) is 0 Å². The average Bonchev–Trinajstić information content (AvgIpc) is 2.33. The second kappa shape index (κ2) is 5.80. The highest BCUT2D eigenvalue weighted by atomic mass is 35.5. The van der Waals surface area contributed by atoms with Gasteiger partial charge in [0.25, 0.3) is 0 Å². The second-order valence-electron chi connectivity index (χ2n) is 4.31. The molecule has 0 spiro atoms. The zero-order valence-corrected chi connectivity index (χ0v) is 11.5. The highest BCUT2D eigenvalue weighted by Crippen LogP contribution is 2.31. The first-order valence-corrected chi connectivity index (χ1v) is 6.27. The van der Waals surface area contributed by atoms with Crippen LogP contribution in [0.25, 0.3) is 0 Å². The number of ether oxygens (including phenoxy) is 2. The van der Waals surface area contributed by atoms with E-state index in [0.29, 0.717) is 28.0 Å². The largest absolute Gasteiger partial charge is 0.489 e. The zero-order chi connectivity index (χ0) is 13.8. The minimum absolute atomic E-state index is 0.0467. The Morgan fingerprint density at radius 3 is 2.63 bits per heavy atom. The molecule has 0 aliphatic heterocycles. The van der Waals surface area contributed by atoms with Crippen LogP contribution in [0.3, 0.4) is 0 Å². The number of halogens is 1. The van der Waals surface area contributed by atoms with Crippen molar-refractivity contribution in [3.8, 4) is 17.2 Å². The van der Waals surface area contributed by atoms with Gasteiger partial charge in [-0.1, -0.05) is 11.6 Å². The lowest BCUT2D eigenvalue weighted by molar-refractivity contribution is 0.243. The molecule has 4 nitrogen and oxygen atoms in total. The van der Waals surface area contributed by atoms with Crippen LogP contribution in [0.4, 0.5) is 5.69 Å². The summed E-state index contributed by atoms with van der Waals surface area (Å²) in [6.45, 7) is 3.88. The maximum atomic E-state index is 5.85. The van der Waals surface area contributed by atoms with Gasteiger partial charge in [0.15, 0.2) is 0 Å². The molecule has 2 rings (SSSR count). The molecule has 100 valence electrons. The van der Waals surface area contributed by atoms with Crippen molar-refractivity contribution in [3.63, 3.8) is 0 Å².